The summed E-state index contributed by atoms with van der Waals surface area (Å²) in [4.78, 5) is 12.5. The third-order valence-corrected chi connectivity index (χ3v) is 3.70. The molecule has 0 bridgehead atoms. The van der Waals surface area contributed by atoms with Crippen molar-refractivity contribution in [2.24, 2.45) is 0 Å². The van der Waals surface area contributed by atoms with Crippen LogP contribution in [-0.4, -0.2) is 33.2 Å². The van der Waals surface area contributed by atoms with Crippen LogP contribution in [0.25, 0.3) is 5.69 Å². The van der Waals surface area contributed by atoms with Gasteiger partial charge in [0.2, 0.25) is 0 Å². The number of amides is 1. The number of aryl methyl sites for hydroxylation is 1. The standard InChI is InChI=1S/C16H14ClN5O2/c1-10-3-5-12(8-14(10)22-9-18-20-21-22)19-16(23)13-7-11(17)4-6-15(13)24-2/h3-9H,1-2H3,(H,19,23). The van der Waals surface area contributed by atoms with Gasteiger partial charge in [-0.15, -0.1) is 5.10 Å². The molecule has 1 amide bonds. The SMILES string of the molecule is COc1ccc(Cl)cc1C(=O)Nc1ccc(C)c(-n2cnnn2)c1. The van der Waals surface area contributed by atoms with Gasteiger partial charge in [-0.3, -0.25) is 4.79 Å². The van der Waals surface area contributed by atoms with E-state index in [4.69, 9.17) is 16.3 Å². The van der Waals surface area contributed by atoms with Crippen LogP contribution in [0.5, 0.6) is 5.75 Å². The fourth-order valence-electron chi connectivity index (χ4n) is 2.26. The number of hydrogen-bond acceptors (Lipinski definition) is 5. The fourth-order valence-corrected chi connectivity index (χ4v) is 2.43. The summed E-state index contributed by atoms with van der Waals surface area (Å²) >= 11 is 5.97. The number of benzene rings is 2. The highest BCUT2D eigenvalue weighted by Crippen LogP contribution is 2.25. The molecule has 0 aliphatic rings. The molecule has 0 radical (unpaired) electrons. The second kappa shape index (κ2) is 6.67. The van der Waals surface area contributed by atoms with Gasteiger partial charge in [0.15, 0.2) is 0 Å². The Hall–Kier alpha value is -2.93. The number of nitrogens with one attached hydrogen (secondary N) is 1. The van der Waals surface area contributed by atoms with E-state index in [2.05, 4.69) is 20.8 Å². The first-order valence-corrected chi connectivity index (χ1v) is 7.45. The lowest BCUT2D eigenvalue weighted by Crippen LogP contribution is -2.13. The molecule has 3 aromatic rings. The highest BCUT2D eigenvalue weighted by atomic mass is 35.5. The summed E-state index contributed by atoms with van der Waals surface area (Å²) in [7, 11) is 1.50. The normalized spacial score (nSPS) is 10.5. The first-order chi connectivity index (χ1) is 11.6. The Morgan fingerprint density at radius 2 is 2.08 bits per heavy atom. The van der Waals surface area contributed by atoms with Crippen molar-refractivity contribution in [2.75, 3.05) is 12.4 Å². The molecule has 0 unspecified atom stereocenters. The Morgan fingerprint density at radius 3 is 2.79 bits per heavy atom. The number of tetrazole rings is 1. The molecule has 0 aliphatic carbocycles. The predicted molar refractivity (Wildman–Crippen MR) is 89.8 cm³/mol. The molecule has 2 aromatic carbocycles. The van der Waals surface area contributed by atoms with Crippen LogP contribution in [0.2, 0.25) is 5.02 Å². The van der Waals surface area contributed by atoms with Gasteiger partial charge in [0.05, 0.1) is 18.4 Å². The van der Waals surface area contributed by atoms with Gasteiger partial charge in [0.25, 0.3) is 5.91 Å². The molecule has 0 fully saturated rings. The molecule has 0 aliphatic heterocycles. The van der Waals surface area contributed by atoms with Crippen molar-refractivity contribution in [1.82, 2.24) is 20.2 Å². The summed E-state index contributed by atoms with van der Waals surface area (Å²) in [5.74, 6) is 0.130. The molecule has 1 heterocycles. The van der Waals surface area contributed by atoms with Crippen molar-refractivity contribution in [2.45, 2.75) is 6.92 Å². The Bertz CT molecular complexity index is 880. The van der Waals surface area contributed by atoms with Gasteiger partial charge in [-0.1, -0.05) is 17.7 Å². The first-order valence-electron chi connectivity index (χ1n) is 7.07. The number of carbonyl (C=O) groups excluding carboxylic acids is 1. The predicted octanol–water partition coefficient (Wildman–Crippen LogP) is 2.89. The summed E-state index contributed by atoms with van der Waals surface area (Å²) in [6, 6.07) is 10.4. The Balaban J connectivity index is 1.90. The van der Waals surface area contributed by atoms with Gasteiger partial charge < -0.3 is 10.1 Å². The van der Waals surface area contributed by atoms with Crippen LogP contribution in [0.15, 0.2) is 42.7 Å². The van der Waals surface area contributed by atoms with Gasteiger partial charge >= 0.3 is 0 Å². The number of aromatic nitrogens is 4. The third kappa shape index (κ3) is 3.21. The lowest BCUT2D eigenvalue weighted by Gasteiger charge is -2.11. The van der Waals surface area contributed by atoms with Gasteiger partial charge in [-0.25, -0.2) is 4.68 Å². The molecule has 7 nitrogen and oxygen atoms in total. The van der Waals surface area contributed by atoms with Crippen molar-refractivity contribution >= 4 is 23.2 Å². The summed E-state index contributed by atoms with van der Waals surface area (Å²) in [6.45, 7) is 1.93. The van der Waals surface area contributed by atoms with E-state index in [-0.39, 0.29) is 5.91 Å². The number of methoxy groups -OCH3 is 1. The average molecular weight is 344 g/mol. The van der Waals surface area contributed by atoms with Crippen LogP contribution >= 0.6 is 11.6 Å². The van der Waals surface area contributed by atoms with Crippen molar-refractivity contribution in [3.8, 4) is 11.4 Å². The van der Waals surface area contributed by atoms with Gasteiger partial charge in [0, 0.05) is 10.7 Å². The maximum Gasteiger partial charge on any atom is 0.259 e. The van der Waals surface area contributed by atoms with E-state index in [0.717, 1.165) is 11.3 Å². The molecule has 1 N–H and O–H groups in total. The zero-order chi connectivity index (χ0) is 17.1. The van der Waals surface area contributed by atoms with Crippen LogP contribution < -0.4 is 10.1 Å². The van der Waals surface area contributed by atoms with E-state index in [9.17, 15) is 4.79 Å². The number of halogens is 1. The highest BCUT2D eigenvalue weighted by molar-refractivity contribution is 6.31. The maximum atomic E-state index is 12.5. The maximum absolute atomic E-state index is 12.5. The van der Waals surface area contributed by atoms with Crippen LogP contribution in [0.4, 0.5) is 5.69 Å². The molecule has 0 saturated heterocycles. The summed E-state index contributed by atoms with van der Waals surface area (Å²) in [6.07, 6.45) is 1.49. The minimum absolute atomic E-state index is 0.319. The molecule has 0 saturated carbocycles. The monoisotopic (exact) mass is 343 g/mol. The number of hydrogen-bond donors (Lipinski definition) is 1. The summed E-state index contributed by atoms with van der Waals surface area (Å²) in [5, 5.41) is 14.4. The molecule has 0 spiro atoms. The molecular weight excluding hydrogens is 330 g/mol. The molecule has 3 rings (SSSR count). The average Bonchev–Trinajstić information content (AvgIpc) is 3.10. The number of anilines is 1. The van der Waals surface area contributed by atoms with Crippen LogP contribution in [0.1, 0.15) is 15.9 Å². The Labute approximate surface area is 143 Å². The minimum Gasteiger partial charge on any atom is -0.496 e. The molecular formula is C16H14ClN5O2. The van der Waals surface area contributed by atoms with Crippen molar-refractivity contribution in [1.29, 1.82) is 0 Å². The number of ether oxygens (including phenoxy) is 1. The zero-order valence-corrected chi connectivity index (χ0v) is 13.8. The van der Waals surface area contributed by atoms with E-state index in [1.807, 2.05) is 13.0 Å². The smallest absolute Gasteiger partial charge is 0.259 e. The van der Waals surface area contributed by atoms with E-state index in [1.54, 1.807) is 30.3 Å². The van der Waals surface area contributed by atoms with E-state index < -0.39 is 0 Å². The lowest BCUT2D eigenvalue weighted by molar-refractivity contribution is 0.102. The first kappa shape index (κ1) is 15.9. The fraction of sp³-hybridized carbons (Fsp3) is 0.125. The topological polar surface area (TPSA) is 81.9 Å². The van der Waals surface area contributed by atoms with E-state index in [1.165, 1.54) is 18.1 Å². The van der Waals surface area contributed by atoms with Crippen LogP contribution in [0.3, 0.4) is 0 Å². The highest BCUT2D eigenvalue weighted by Gasteiger charge is 2.14. The Kier molecular flexibility index (Phi) is 4.43. The van der Waals surface area contributed by atoms with Gasteiger partial charge in [-0.2, -0.15) is 0 Å². The summed E-state index contributed by atoms with van der Waals surface area (Å²) in [5.41, 5.74) is 2.71. The quantitative estimate of drug-likeness (QED) is 0.787. The van der Waals surface area contributed by atoms with Crippen LogP contribution in [0, 0.1) is 6.92 Å². The lowest BCUT2D eigenvalue weighted by atomic mass is 10.1. The molecule has 24 heavy (non-hydrogen) atoms. The second-order valence-electron chi connectivity index (χ2n) is 5.05. The van der Waals surface area contributed by atoms with Crippen molar-refractivity contribution < 1.29 is 9.53 Å². The van der Waals surface area contributed by atoms with E-state index in [0.29, 0.717) is 22.0 Å². The molecule has 8 heteroatoms. The summed E-state index contributed by atoms with van der Waals surface area (Å²) < 4.78 is 6.74. The van der Waals surface area contributed by atoms with Crippen molar-refractivity contribution in [3.05, 3.63) is 58.9 Å². The Morgan fingerprint density at radius 1 is 1.25 bits per heavy atom. The number of rotatable bonds is 4. The molecule has 1 aromatic heterocycles. The molecule has 0 atom stereocenters. The molecule has 122 valence electrons. The largest absolute Gasteiger partial charge is 0.496 e. The van der Waals surface area contributed by atoms with E-state index >= 15 is 0 Å². The minimum atomic E-state index is -0.319. The number of nitrogens with zero attached hydrogens (tertiary/aromatic N) is 4. The second-order valence-corrected chi connectivity index (χ2v) is 5.49. The van der Waals surface area contributed by atoms with Crippen LogP contribution in [-0.2, 0) is 0 Å². The van der Waals surface area contributed by atoms with Crippen molar-refractivity contribution in [3.63, 3.8) is 0 Å². The zero-order valence-electron chi connectivity index (χ0n) is 13.0. The third-order valence-electron chi connectivity index (χ3n) is 3.47. The van der Waals surface area contributed by atoms with Gasteiger partial charge in [0.1, 0.15) is 12.1 Å². The van der Waals surface area contributed by atoms with Gasteiger partial charge in [-0.05, 0) is 53.2 Å². The number of carbonyl (C=O) groups is 1.